The van der Waals surface area contributed by atoms with E-state index in [4.69, 9.17) is 15.6 Å². The van der Waals surface area contributed by atoms with Gasteiger partial charge in [-0.05, 0) is 36.6 Å². The van der Waals surface area contributed by atoms with E-state index in [1.165, 1.54) is 23.9 Å². The van der Waals surface area contributed by atoms with Crippen molar-refractivity contribution < 1.29 is 19.4 Å². The molecular formula is C19H19N3O4. The minimum absolute atomic E-state index is 0.109. The summed E-state index contributed by atoms with van der Waals surface area (Å²) >= 11 is 0. The Labute approximate surface area is 150 Å². The molecule has 1 aromatic heterocycles. The first-order valence-electron chi connectivity index (χ1n) is 8.22. The summed E-state index contributed by atoms with van der Waals surface area (Å²) in [5.41, 5.74) is 7.65. The predicted octanol–water partition coefficient (Wildman–Crippen LogP) is 3.13. The summed E-state index contributed by atoms with van der Waals surface area (Å²) in [4.78, 5) is 27.7. The molecule has 1 aliphatic rings. The van der Waals surface area contributed by atoms with Gasteiger partial charge in [-0.3, -0.25) is 0 Å². The van der Waals surface area contributed by atoms with E-state index >= 15 is 0 Å². The number of aromatic nitrogens is 1. The molecule has 2 aromatic rings. The van der Waals surface area contributed by atoms with E-state index in [1.807, 2.05) is 24.3 Å². The number of benzene rings is 1. The van der Waals surface area contributed by atoms with Gasteiger partial charge >= 0.3 is 12.0 Å². The van der Waals surface area contributed by atoms with Crippen molar-refractivity contribution >= 4 is 18.1 Å². The van der Waals surface area contributed by atoms with Gasteiger partial charge in [0.15, 0.2) is 0 Å². The number of hydrogen-bond acceptors (Lipinski definition) is 4. The summed E-state index contributed by atoms with van der Waals surface area (Å²) in [7, 11) is 0. The summed E-state index contributed by atoms with van der Waals surface area (Å²) in [6.45, 7) is 1.27. The van der Waals surface area contributed by atoms with Gasteiger partial charge in [0.1, 0.15) is 5.75 Å². The van der Waals surface area contributed by atoms with Crippen LogP contribution >= 0.6 is 0 Å². The highest BCUT2D eigenvalue weighted by Gasteiger charge is 2.16. The standard InChI is InChI=1S/C19H19N3O4/c20-19(25)22-8-6-13(7-9-22)10-14-2-1-3-16(11-14)26-17-5-4-15(12-21-17)18(23)24/h1-5,10-12H,6-9H2,(H2,20,25)(H,23,24). The maximum atomic E-state index is 11.2. The first-order chi connectivity index (χ1) is 12.5. The fourth-order valence-electron chi connectivity index (χ4n) is 2.75. The number of likely N-dealkylation sites (tertiary alicyclic amines) is 1. The molecule has 0 bridgehead atoms. The number of carboxylic acid groups (broad SMARTS) is 1. The van der Waals surface area contributed by atoms with E-state index in [0.717, 1.165) is 18.4 Å². The van der Waals surface area contributed by atoms with Crippen molar-refractivity contribution in [3.63, 3.8) is 0 Å². The Morgan fingerprint density at radius 3 is 2.58 bits per heavy atom. The third kappa shape index (κ3) is 4.38. The van der Waals surface area contributed by atoms with Crippen molar-refractivity contribution in [2.45, 2.75) is 12.8 Å². The second-order valence-corrected chi connectivity index (χ2v) is 5.99. The van der Waals surface area contributed by atoms with Gasteiger partial charge < -0.3 is 20.5 Å². The van der Waals surface area contributed by atoms with Crippen LogP contribution in [0.1, 0.15) is 28.8 Å². The summed E-state index contributed by atoms with van der Waals surface area (Å²) in [6, 6.07) is 10.1. The number of hydrogen-bond donors (Lipinski definition) is 2. The maximum Gasteiger partial charge on any atom is 0.337 e. The van der Waals surface area contributed by atoms with Gasteiger partial charge in [-0.1, -0.05) is 23.8 Å². The van der Waals surface area contributed by atoms with Gasteiger partial charge in [0.25, 0.3) is 0 Å². The predicted molar refractivity (Wildman–Crippen MR) is 96.1 cm³/mol. The number of carbonyl (C=O) groups is 2. The lowest BCUT2D eigenvalue weighted by molar-refractivity contribution is 0.0696. The molecule has 1 aromatic carbocycles. The highest BCUT2D eigenvalue weighted by atomic mass is 16.5. The van der Waals surface area contributed by atoms with Crippen LogP contribution in [0.15, 0.2) is 48.2 Å². The van der Waals surface area contributed by atoms with E-state index in [9.17, 15) is 9.59 Å². The molecule has 2 amide bonds. The second-order valence-electron chi connectivity index (χ2n) is 5.99. The lowest BCUT2D eigenvalue weighted by atomic mass is 10.0. The number of pyridine rings is 1. The molecule has 0 aliphatic carbocycles. The molecule has 7 nitrogen and oxygen atoms in total. The number of piperidine rings is 1. The van der Waals surface area contributed by atoms with Gasteiger partial charge in [0.05, 0.1) is 5.56 Å². The smallest absolute Gasteiger partial charge is 0.337 e. The molecule has 3 rings (SSSR count). The number of aromatic carboxylic acids is 1. The zero-order valence-electron chi connectivity index (χ0n) is 14.1. The van der Waals surface area contributed by atoms with Gasteiger partial charge in [0, 0.05) is 25.4 Å². The van der Waals surface area contributed by atoms with Crippen molar-refractivity contribution in [2.75, 3.05) is 13.1 Å². The molecule has 0 atom stereocenters. The molecule has 1 fully saturated rings. The van der Waals surface area contributed by atoms with Crippen LogP contribution in [0.25, 0.3) is 6.08 Å². The molecule has 0 unspecified atom stereocenters. The lowest BCUT2D eigenvalue weighted by Gasteiger charge is -2.26. The van der Waals surface area contributed by atoms with Crippen molar-refractivity contribution in [1.29, 1.82) is 0 Å². The molecule has 0 spiro atoms. The molecule has 7 heteroatoms. The Bertz CT molecular complexity index is 836. The fraction of sp³-hybridized carbons (Fsp3) is 0.211. The largest absolute Gasteiger partial charge is 0.478 e. The van der Waals surface area contributed by atoms with Crippen LogP contribution in [-0.4, -0.2) is 40.1 Å². The van der Waals surface area contributed by atoms with E-state index in [1.54, 1.807) is 4.90 Å². The Kier molecular flexibility index (Phi) is 5.17. The third-order valence-electron chi connectivity index (χ3n) is 4.15. The molecule has 0 saturated carbocycles. The molecule has 3 N–H and O–H groups in total. The maximum absolute atomic E-state index is 11.2. The Balaban J connectivity index is 1.67. The topological polar surface area (TPSA) is 106 Å². The monoisotopic (exact) mass is 353 g/mol. The average molecular weight is 353 g/mol. The SMILES string of the molecule is NC(=O)N1CCC(=Cc2cccc(Oc3ccc(C(=O)O)cn3)c2)CC1. The van der Waals surface area contributed by atoms with Gasteiger partial charge in [0.2, 0.25) is 5.88 Å². The number of rotatable bonds is 4. The first kappa shape index (κ1) is 17.5. The summed E-state index contributed by atoms with van der Waals surface area (Å²) in [6.07, 6.45) is 4.95. The van der Waals surface area contributed by atoms with Crippen LogP contribution < -0.4 is 10.5 Å². The molecule has 26 heavy (non-hydrogen) atoms. The number of primary amides is 1. The van der Waals surface area contributed by atoms with Crippen molar-refractivity contribution in [2.24, 2.45) is 5.73 Å². The van der Waals surface area contributed by atoms with Crippen LogP contribution in [0.4, 0.5) is 4.79 Å². The zero-order valence-corrected chi connectivity index (χ0v) is 14.1. The first-order valence-corrected chi connectivity index (χ1v) is 8.22. The number of carbonyl (C=O) groups excluding carboxylic acids is 1. The molecule has 1 saturated heterocycles. The highest BCUT2D eigenvalue weighted by molar-refractivity contribution is 5.87. The lowest BCUT2D eigenvalue weighted by Crippen LogP contribution is -2.39. The fourth-order valence-corrected chi connectivity index (χ4v) is 2.75. The number of amides is 2. The van der Waals surface area contributed by atoms with Gasteiger partial charge in [-0.2, -0.15) is 0 Å². The van der Waals surface area contributed by atoms with Crippen molar-refractivity contribution in [3.8, 4) is 11.6 Å². The number of nitrogens with two attached hydrogens (primary N) is 1. The number of carboxylic acids is 1. The summed E-state index contributed by atoms with van der Waals surface area (Å²) < 4.78 is 5.69. The van der Waals surface area contributed by atoms with Crippen LogP contribution in [-0.2, 0) is 0 Å². The number of nitrogens with zero attached hydrogens (tertiary/aromatic N) is 2. The van der Waals surface area contributed by atoms with E-state index in [2.05, 4.69) is 11.1 Å². The normalized spacial score (nSPS) is 14.0. The molecule has 0 radical (unpaired) electrons. The Morgan fingerprint density at radius 2 is 1.96 bits per heavy atom. The van der Waals surface area contributed by atoms with Crippen LogP contribution in [0.2, 0.25) is 0 Å². The number of ether oxygens (including phenoxy) is 1. The van der Waals surface area contributed by atoms with E-state index in [0.29, 0.717) is 24.7 Å². The molecule has 134 valence electrons. The van der Waals surface area contributed by atoms with E-state index in [-0.39, 0.29) is 11.6 Å². The van der Waals surface area contributed by atoms with Crippen LogP contribution in [0, 0.1) is 0 Å². The minimum atomic E-state index is -1.03. The number of urea groups is 1. The van der Waals surface area contributed by atoms with Crippen LogP contribution in [0.5, 0.6) is 11.6 Å². The minimum Gasteiger partial charge on any atom is -0.478 e. The van der Waals surface area contributed by atoms with Crippen LogP contribution in [0.3, 0.4) is 0 Å². The molecular weight excluding hydrogens is 334 g/mol. The quantitative estimate of drug-likeness (QED) is 0.878. The van der Waals surface area contributed by atoms with Crippen molar-refractivity contribution in [1.82, 2.24) is 9.88 Å². The zero-order chi connectivity index (χ0) is 18.5. The second kappa shape index (κ2) is 7.69. The summed E-state index contributed by atoms with van der Waals surface area (Å²) in [5.74, 6) is -0.0841. The Hall–Kier alpha value is -3.35. The Morgan fingerprint density at radius 1 is 1.19 bits per heavy atom. The van der Waals surface area contributed by atoms with Gasteiger partial charge in [-0.15, -0.1) is 0 Å². The van der Waals surface area contributed by atoms with Crippen molar-refractivity contribution in [3.05, 3.63) is 59.3 Å². The highest BCUT2D eigenvalue weighted by Crippen LogP contribution is 2.24. The summed E-state index contributed by atoms with van der Waals surface area (Å²) in [5, 5.41) is 8.89. The van der Waals surface area contributed by atoms with Gasteiger partial charge in [-0.25, -0.2) is 14.6 Å². The molecule has 2 heterocycles. The third-order valence-corrected chi connectivity index (χ3v) is 4.15. The average Bonchev–Trinajstić information content (AvgIpc) is 2.63. The molecule has 1 aliphatic heterocycles. The van der Waals surface area contributed by atoms with E-state index < -0.39 is 5.97 Å².